The molecule has 0 saturated carbocycles. The van der Waals surface area contributed by atoms with E-state index in [1.807, 2.05) is 19.1 Å². The lowest BCUT2D eigenvalue weighted by atomic mass is 10.0. The molecule has 0 radical (unpaired) electrons. The second-order valence-electron chi connectivity index (χ2n) is 4.74. The smallest absolute Gasteiger partial charge is 0.0956 e. The Kier molecular flexibility index (Phi) is 4.15. The van der Waals surface area contributed by atoms with E-state index in [0.717, 1.165) is 10.7 Å². The van der Waals surface area contributed by atoms with Gasteiger partial charge in [-0.1, -0.05) is 24.3 Å². The molecule has 1 atom stereocenters. The minimum absolute atomic E-state index is 0.351. The standard InChI is InChI=1S/C15H19NOS/c1-10-6-4-5-7-13(10)8-14(17)9-15-16-11(2)12(3)18-15/h4-7,14,17H,8-9H2,1-3H3. The Morgan fingerprint density at radius 3 is 2.50 bits per heavy atom. The molecule has 96 valence electrons. The zero-order valence-corrected chi connectivity index (χ0v) is 11.9. The van der Waals surface area contributed by atoms with E-state index in [-0.39, 0.29) is 6.10 Å². The summed E-state index contributed by atoms with van der Waals surface area (Å²) in [5.41, 5.74) is 3.54. The van der Waals surface area contributed by atoms with Gasteiger partial charge in [0.25, 0.3) is 0 Å². The molecule has 0 saturated heterocycles. The van der Waals surface area contributed by atoms with E-state index >= 15 is 0 Å². The average molecular weight is 261 g/mol. The Labute approximate surface area is 112 Å². The lowest BCUT2D eigenvalue weighted by molar-refractivity contribution is 0.175. The Morgan fingerprint density at radius 1 is 1.17 bits per heavy atom. The summed E-state index contributed by atoms with van der Waals surface area (Å²) in [6, 6.07) is 8.21. The van der Waals surface area contributed by atoms with Crippen LogP contribution in [0.15, 0.2) is 24.3 Å². The van der Waals surface area contributed by atoms with Crippen molar-refractivity contribution in [2.45, 2.75) is 39.7 Å². The number of hydrogen-bond donors (Lipinski definition) is 1. The van der Waals surface area contributed by atoms with Crippen LogP contribution in [0.5, 0.6) is 0 Å². The Balaban J connectivity index is 2.01. The Bertz CT molecular complexity index is 514. The maximum Gasteiger partial charge on any atom is 0.0956 e. The highest BCUT2D eigenvalue weighted by atomic mass is 32.1. The number of rotatable bonds is 4. The topological polar surface area (TPSA) is 33.1 Å². The zero-order valence-electron chi connectivity index (χ0n) is 11.1. The van der Waals surface area contributed by atoms with Crippen LogP contribution < -0.4 is 0 Å². The minimum Gasteiger partial charge on any atom is -0.392 e. The molecule has 2 aromatic rings. The first-order valence-electron chi connectivity index (χ1n) is 6.21. The molecule has 0 aliphatic rings. The van der Waals surface area contributed by atoms with Crippen LogP contribution in [0.25, 0.3) is 0 Å². The van der Waals surface area contributed by atoms with E-state index < -0.39 is 0 Å². The summed E-state index contributed by atoms with van der Waals surface area (Å²) in [4.78, 5) is 5.72. The van der Waals surface area contributed by atoms with E-state index in [2.05, 4.69) is 31.0 Å². The SMILES string of the molecule is Cc1ccccc1CC(O)Cc1nc(C)c(C)s1. The summed E-state index contributed by atoms with van der Waals surface area (Å²) < 4.78 is 0. The van der Waals surface area contributed by atoms with Crippen LogP contribution >= 0.6 is 11.3 Å². The fraction of sp³-hybridized carbons (Fsp3) is 0.400. The number of aliphatic hydroxyl groups is 1. The summed E-state index contributed by atoms with van der Waals surface area (Å²) >= 11 is 1.69. The van der Waals surface area contributed by atoms with E-state index in [4.69, 9.17) is 0 Å². The maximum atomic E-state index is 10.1. The fourth-order valence-electron chi connectivity index (χ4n) is 1.99. The summed E-state index contributed by atoms with van der Waals surface area (Å²) in [6.45, 7) is 6.17. The molecule has 1 aromatic carbocycles. The van der Waals surface area contributed by atoms with Crippen molar-refractivity contribution in [1.29, 1.82) is 0 Å². The van der Waals surface area contributed by atoms with Crippen LogP contribution in [0.2, 0.25) is 0 Å². The van der Waals surface area contributed by atoms with Crippen LogP contribution in [-0.4, -0.2) is 16.2 Å². The van der Waals surface area contributed by atoms with Gasteiger partial charge in [-0.25, -0.2) is 4.98 Å². The Hall–Kier alpha value is -1.19. The van der Waals surface area contributed by atoms with Crippen LogP contribution in [0, 0.1) is 20.8 Å². The highest BCUT2D eigenvalue weighted by Gasteiger charge is 2.12. The molecule has 1 aromatic heterocycles. The maximum absolute atomic E-state index is 10.1. The molecule has 1 heterocycles. The third-order valence-corrected chi connectivity index (χ3v) is 4.30. The summed E-state index contributed by atoms with van der Waals surface area (Å²) in [5.74, 6) is 0. The fourth-order valence-corrected chi connectivity index (χ4v) is 3.00. The summed E-state index contributed by atoms with van der Waals surface area (Å²) in [5, 5.41) is 11.2. The molecule has 2 rings (SSSR count). The second kappa shape index (κ2) is 5.63. The molecule has 18 heavy (non-hydrogen) atoms. The van der Waals surface area contributed by atoms with Gasteiger partial charge in [-0.3, -0.25) is 0 Å². The molecule has 1 N–H and O–H groups in total. The van der Waals surface area contributed by atoms with E-state index in [0.29, 0.717) is 12.8 Å². The highest BCUT2D eigenvalue weighted by Crippen LogP contribution is 2.19. The molecule has 0 fully saturated rings. The number of thiazole rings is 1. The molecular weight excluding hydrogens is 242 g/mol. The van der Waals surface area contributed by atoms with Crippen molar-refractivity contribution in [3.63, 3.8) is 0 Å². The molecule has 2 nitrogen and oxygen atoms in total. The molecule has 1 unspecified atom stereocenters. The summed E-state index contributed by atoms with van der Waals surface area (Å²) in [6.07, 6.45) is 0.994. The van der Waals surface area contributed by atoms with Crippen molar-refractivity contribution in [3.8, 4) is 0 Å². The van der Waals surface area contributed by atoms with Gasteiger partial charge >= 0.3 is 0 Å². The van der Waals surface area contributed by atoms with Gasteiger partial charge in [-0.15, -0.1) is 11.3 Å². The largest absolute Gasteiger partial charge is 0.392 e. The van der Waals surface area contributed by atoms with Crippen molar-refractivity contribution in [3.05, 3.63) is 51.0 Å². The lowest BCUT2D eigenvalue weighted by Gasteiger charge is -2.10. The number of aryl methyl sites for hydroxylation is 3. The zero-order chi connectivity index (χ0) is 13.1. The van der Waals surface area contributed by atoms with Crippen molar-refractivity contribution < 1.29 is 5.11 Å². The van der Waals surface area contributed by atoms with Crippen LogP contribution in [0.1, 0.15) is 26.7 Å². The first kappa shape index (κ1) is 13.2. The van der Waals surface area contributed by atoms with Crippen LogP contribution in [0.4, 0.5) is 0 Å². The third kappa shape index (κ3) is 3.18. The van der Waals surface area contributed by atoms with E-state index in [1.165, 1.54) is 16.0 Å². The molecule has 0 aliphatic heterocycles. The first-order chi connectivity index (χ1) is 8.56. The number of hydrogen-bond acceptors (Lipinski definition) is 3. The summed E-state index contributed by atoms with van der Waals surface area (Å²) in [7, 11) is 0. The number of aliphatic hydroxyl groups excluding tert-OH is 1. The van der Waals surface area contributed by atoms with Gasteiger partial charge < -0.3 is 5.11 Å². The average Bonchev–Trinajstić information content (AvgIpc) is 2.61. The molecule has 3 heteroatoms. The van der Waals surface area contributed by atoms with Gasteiger partial charge in [-0.2, -0.15) is 0 Å². The second-order valence-corrected chi connectivity index (χ2v) is 6.03. The van der Waals surface area contributed by atoms with Gasteiger partial charge in [0.2, 0.25) is 0 Å². The number of nitrogens with zero attached hydrogens (tertiary/aromatic N) is 1. The van der Waals surface area contributed by atoms with E-state index in [1.54, 1.807) is 11.3 Å². The lowest BCUT2D eigenvalue weighted by Crippen LogP contribution is -2.14. The number of aromatic nitrogens is 1. The van der Waals surface area contributed by atoms with Crippen molar-refractivity contribution in [2.75, 3.05) is 0 Å². The first-order valence-corrected chi connectivity index (χ1v) is 7.03. The molecule has 0 bridgehead atoms. The van der Waals surface area contributed by atoms with Gasteiger partial charge in [0.15, 0.2) is 0 Å². The van der Waals surface area contributed by atoms with Gasteiger partial charge in [0, 0.05) is 11.3 Å². The molecular formula is C15H19NOS. The molecule has 0 aliphatic carbocycles. The van der Waals surface area contributed by atoms with Gasteiger partial charge in [0.05, 0.1) is 16.8 Å². The van der Waals surface area contributed by atoms with Gasteiger partial charge in [-0.05, 0) is 38.3 Å². The van der Waals surface area contributed by atoms with Crippen molar-refractivity contribution in [2.24, 2.45) is 0 Å². The monoisotopic (exact) mass is 261 g/mol. The highest BCUT2D eigenvalue weighted by molar-refractivity contribution is 7.11. The third-order valence-electron chi connectivity index (χ3n) is 3.20. The molecule has 0 spiro atoms. The molecule has 0 amide bonds. The minimum atomic E-state index is -0.351. The quantitative estimate of drug-likeness (QED) is 0.916. The van der Waals surface area contributed by atoms with Gasteiger partial charge in [0.1, 0.15) is 0 Å². The van der Waals surface area contributed by atoms with Crippen molar-refractivity contribution >= 4 is 11.3 Å². The van der Waals surface area contributed by atoms with E-state index in [9.17, 15) is 5.11 Å². The predicted molar refractivity (Wildman–Crippen MR) is 76.2 cm³/mol. The van der Waals surface area contributed by atoms with Crippen LogP contribution in [0.3, 0.4) is 0 Å². The number of benzene rings is 1. The van der Waals surface area contributed by atoms with Crippen molar-refractivity contribution in [1.82, 2.24) is 4.98 Å². The Morgan fingerprint density at radius 2 is 1.89 bits per heavy atom. The normalized spacial score (nSPS) is 12.7. The van der Waals surface area contributed by atoms with Crippen LogP contribution in [-0.2, 0) is 12.8 Å². The predicted octanol–water partition coefficient (Wildman–Crippen LogP) is 3.21.